The minimum atomic E-state index is 0.0249. The molecule has 2 rings (SSSR count). The van der Waals surface area contributed by atoms with Crippen LogP contribution in [-0.4, -0.2) is 23.9 Å². The Morgan fingerprint density at radius 1 is 1.38 bits per heavy atom. The summed E-state index contributed by atoms with van der Waals surface area (Å²) in [5.41, 5.74) is 0. The maximum atomic E-state index is 11.4. The Kier molecular flexibility index (Phi) is 2.22. The van der Waals surface area contributed by atoms with Crippen LogP contribution in [0.15, 0.2) is 0 Å². The first kappa shape index (κ1) is 8.55. The fourth-order valence-corrected chi connectivity index (χ4v) is 2.62. The van der Waals surface area contributed by atoms with Gasteiger partial charge in [0, 0.05) is 13.1 Å². The van der Waals surface area contributed by atoms with Crippen LogP contribution in [0.2, 0.25) is 0 Å². The number of fused-ring (bicyclic) bond motifs is 1. The van der Waals surface area contributed by atoms with Crippen molar-refractivity contribution in [3.05, 3.63) is 0 Å². The van der Waals surface area contributed by atoms with E-state index in [2.05, 4.69) is 0 Å². The van der Waals surface area contributed by atoms with Gasteiger partial charge in [0.05, 0.1) is 6.07 Å². The van der Waals surface area contributed by atoms with Gasteiger partial charge >= 0.3 is 0 Å². The molecule has 3 heteroatoms. The zero-order chi connectivity index (χ0) is 9.26. The van der Waals surface area contributed by atoms with Crippen molar-refractivity contribution < 1.29 is 4.79 Å². The molecule has 0 aromatic rings. The second-order valence-corrected chi connectivity index (χ2v) is 4.08. The summed E-state index contributed by atoms with van der Waals surface area (Å²) in [6.07, 6.45) is 3.94. The Bertz CT molecular complexity index is 244. The van der Waals surface area contributed by atoms with Crippen molar-refractivity contribution in [1.29, 1.82) is 5.26 Å². The molecule has 1 saturated heterocycles. The highest BCUT2D eigenvalue weighted by Gasteiger charge is 2.37. The molecule has 2 aliphatic rings. The summed E-state index contributed by atoms with van der Waals surface area (Å²) in [6, 6.07) is 1.92. The van der Waals surface area contributed by atoms with Crippen LogP contribution in [0.5, 0.6) is 0 Å². The third-order valence-corrected chi connectivity index (χ3v) is 3.31. The first-order chi connectivity index (χ1) is 6.31. The number of carbonyl (C=O) groups excluding carboxylic acids is 1. The topological polar surface area (TPSA) is 44.1 Å². The van der Waals surface area contributed by atoms with E-state index < -0.39 is 0 Å². The van der Waals surface area contributed by atoms with Crippen molar-refractivity contribution in [2.75, 3.05) is 13.1 Å². The molecule has 1 amide bonds. The fourth-order valence-electron chi connectivity index (χ4n) is 2.62. The summed E-state index contributed by atoms with van der Waals surface area (Å²) in [4.78, 5) is 13.3. The van der Waals surface area contributed by atoms with E-state index in [0.29, 0.717) is 0 Å². The van der Waals surface area contributed by atoms with E-state index in [-0.39, 0.29) is 12.3 Å². The van der Waals surface area contributed by atoms with Crippen LogP contribution in [0.1, 0.15) is 25.7 Å². The number of amides is 1. The summed E-state index contributed by atoms with van der Waals surface area (Å²) in [5.74, 6) is 1.50. The van der Waals surface area contributed by atoms with Gasteiger partial charge in [-0.05, 0) is 24.7 Å². The first-order valence-electron chi connectivity index (χ1n) is 4.96. The van der Waals surface area contributed by atoms with Crippen molar-refractivity contribution in [1.82, 2.24) is 4.90 Å². The number of likely N-dealkylation sites (tertiary alicyclic amines) is 1. The normalized spacial score (nSPS) is 31.5. The van der Waals surface area contributed by atoms with Crippen LogP contribution < -0.4 is 0 Å². The number of nitrogens with zero attached hydrogens (tertiary/aromatic N) is 2. The van der Waals surface area contributed by atoms with E-state index in [1.165, 1.54) is 19.3 Å². The summed E-state index contributed by atoms with van der Waals surface area (Å²) in [6.45, 7) is 1.82. The Morgan fingerprint density at radius 2 is 2.00 bits per heavy atom. The molecule has 0 bridgehead atoms. The highest BCUT2D eigenvalue weighted by atomic mass is 16.2. The van der Waals surface area contributed by atoms with Crippen molar-refractivity contribution in [3.8, 4) is 6.07 Å². The molecule has 1 aliphatic heterocycles. The van der Waals surface area contributed by atoms with E-state index in [9.17, 15) is 4.79 Å². The van der Waals surface area contributed by atoms with Gasteiger partial charge in [-0.1, -0.05) is 6.42 Å². The van der Waals surface area contributed by atoms with Gasteiger partial charge in [0.25, 0.3) is 0 Å². The van der Waals surface area contributed by atoms with E-state index in [4.69, 9.17) is 5.26 Å². The summed E-state index contributed by atoms with van der Waals surface area (Å²) in [5, 5.41) is 8.40. The van der Waals surface area contributed by atoms with E-state index in [0.717, 1.165) is 24.9 Å². The number of carbonyl (C=O) groups is 1. The minimum absolute atomic E-state index is 0.0249. The molecule has 0 spiro atoms. The molecule has 0 radical (unpaired) electrons. The molecule has 2 fully saturated rings. The average molecular weight is 178 g/mol. The zero-order valence-corrected chi connectivity index (χ0v) is 7.70. The molecule has 0 aromatic carbocycles. The fraction of sp³-hybridized carbons (Fsp3) is 0.800. The molecular weight excluding hydrogens is 164 g/mol. The lowest BCUT2D eigenvalue weighted by Gasteiger charge is -2.14. The van der Waals surface area contributed by atoms with Crippen LogP contribution in [0.25, 0.3) is 0 Å². The van der Waals surface area contributed by atoms with Gasteiger partial charge in [-0.3, -0.25) is 4.79 Å². The van der Waals surface area contributed by atoms with E-state index >= 15 is 0 Å². The number of hydrogen-bond donors (Lipinski definition) is 0. The Labute approximate surface area is 78.3 Å². The quantitative estimate of drug-likeness (QED) is 0.604. The zero-order valence-electron chi connectivity index (χ0n) is 7.70. The number of rotatable bonds is 1. The third-order valence-electron chi connectivity index (χ3n) is 3.31. The molecule has 1 aliphatic carbocycles. The lowest BCUT2D eigenvalue weighted by Crippen LogP contribution is -2.28. The molecule has 70 valence electrons. The first-order valence-corrected chi connectivity index (χ1v) is 4.96. The van der Waals surface area contributed by atoms with Crippen LogP contribution in [0, 0.1) is 23.2 Å². The van der Waals surface area contributed by atoms with Crippen LogP contribution in [-0.2, 0) is 4.79 Å². The van der Waals surface area contributed by atoms with Crippen LogP contribution in [0.4, 0.5) is 0 Å². The van der Waals surface area contributed by atoms with Gasteiger partial charge in [-0.25, -0.2) is 0 Å². The average Bonchev–Trinajstić information content (AvgIpc) is 2.61. The van der Waals surface area contributed by atoms with E-state index in [1.807, 2.05) is 11.0 Å². The lowest BCUT2D eigenvalue weighted by atomic mass is 10.0. The summed E-state index contributed by atoms with van der Waals surface area (Å²) >= 11 is 0. The second kappa shape index (κ2) is 3.37. The summed E-state index contributed by atoms with van der Waals surface area (Å²) in [7, 11) is 0. The Hall–Kier alpha value is -1.04. The highest BCUT2D eigenvalue weighted by molar-refractivity contribution is 5.78. The molecular formula is C10H14N2O. The molecule has 1 saturated carbocycles. The van der Waals surface area contributed by atoms with Crippen LogP contribution >= 0.6 is 0 Å². The predicted octanol–water partition coefficient (Wildman–Crippen LogP) is 1.16. The predicted molar refractivity (Wildman–Crippen MR) is 47.6 cm³/mol. The SMILES string of the molecule is N#CCC(=O)N1C[C@H]2CCC[C@H]2C1. The minimum Gasteiger partial charge on any atom is -0.341 e. The molecule has 0 aromatic heterocycles. The Morgan fingerprint density at radius 3 is 2.54 bits per heavy atom. The van der Waals surface area contributed by atoms with Gasteiger partial charge < -0.3 is 4.90 Å². The van der Waals surface area contributed by atoms with Crippen molar-refractivity contribution in [2.24, 2.45) is 11.8 Å². The van der Waals surface area contributed by atoms with E-state index in [1.54, 1.807) is 0 Å². The smallest absolute Gasteiger partial charge is 0.236 e. The molecule has 0 unspecified atom stereocenters. The molecule has 2 atom stereocenters. The second-order valence-electron chi connectivity index (χ2n) is 4.08. The van der Waals surface area contributed by atoms with Crippen molar-refractivity contribution in [3.63, 3.8) is 0 Å². The number of nitriles is 1. The third kappa shape index (κ3) is 1.53. The highest BCUT2D eigenvalue weighted by Crippen LogP contribution is 2.37. The van der Waals surface area contributed by atoms with Gasteiger partial charge in [-0.15, -0.1) is 0 Å². The maximum absolute atomic E-state index is 11.4. The van der Waals surface area contributed by atoms with Gasteiger partial charge in [0.2, 0.25) is 5.91 Å². The van der Waals surface area contributed by atoms with Crippen molar-refractivity contribution >= 4 is 5.91 Å². The van der Waals surface area contributed by atoms with Gasteiger partial charge in [0.1, 0.15) is 6.42 Å². The largest absolute Gasteiger partial charge is 0.341 e. The monoisotopic (exact) mass is 178 g/mol. The molecule has 1 heterocycles. The summed E-state index contributed by atoms with van der Waals surface area (Å²) < 4.78 is 0. The molecule has 0 N–H and O–H groups in total. The maximum Gasteiger partial charge on any atom is 0.236 e. The molecule has 3 nitrogen and oxygen atoms in total. The van der Waals surface area contributed by atoms with Gasteiger partial charge in [-0.2, -0.15) is 5.26 Å². The lowest BCUT2D eigenvalue weighted by molar-refractivity contribution is -0.129. The van der Waals surface area contributed by atoms with Crippen LogP contribution in [0.3, 0.4) is 0 Å². The number of hydrogen-bond acceptors (Lipinski definition) is 2. The van der Waals surface area contributed by atoms with Crippen molar-refractivity contribution in [2.45, 2.75) is 25.7 Å². The van der Waals surface area contributed by atoms with Gasteiger partial charge in [0.15, 0.2) is 0 Å². The standard InChI is InChI=1S/C10H14N2O/c11-5-4-10(13)12-6-8-2-1-3-9(8)7-12/h8-9H,1-4,6-7H2/t8-,9+. The molecule has 13 heavy (non-hydrogen) atoms. The Balaban J connectivity index is 1.92.